The van der Waals surface area contributed by atoms with Crippen LogP contribution in [-0.2, 0) is 33.2 Å². The molecule has 27 unspecified atom stereocenters. The zero-order chi connectivity index (χ0) is 50.9. The van der Waals surface area contributed by atoms with Gasteiger partial charge in [0.1, 0.15) is 61.0 Å². The zero-order valence-electron chi connectivity index (χ0n) is 39.9. The van der Waals surface area contributed by atoms with Crippen LogP contribution in [0.25, 0.3) is 0 Å². The van der Waals surface area contributed by atoms with Crippen molar-refractivity contribution in [3.8, 4) is 0 Å². The number of hydrogen-bond donors (Lipinski definition) is 15. The number of aliphatic carboxylic acids is 1. The standard InChI is InChI=1S/C47H76O22/c1-42(2)13-19-18-7-8-23-43(3)11-10-24(44(4,16-50)22(43)9-12-45(23,5)46(18,6)35(59)37(61)47(19,17-51)36(60)34(42)58)66-41-33(69-40-29(56)27(54)25(52)20(14-48)64-40)31(30(57)32(68-41)38(62)63)67-39-28(55)26(53)21(15-49)65-39/h7,19-37,39-41,48-61H,8-17H2,1-6H3,(H,62,63). The molecule has 0 spiro atoms. The molecule has 8 rings (SSSR count). The molecular formula is C47H76O22. The molecule has 0 amide bonds. The van der Waals surface area contributed by atoms with Crippen LogP contribution in [0.15, 0.2) is 11.6 Å². The van der Waals surface area contributed by atoms with Crippen LogP contribution < -0.4 is 0 Å². The Hall–Kier alpha value is -1.59. The number of aliphatic hydroxyl groups is 14. The smallest absolute Gasteiger partial charge is 0.335 e. The molecule has 69 heavy (non-hydrogen) atoms. The lowest BCUT2D eigenvalue weighted by molar-refractivity contribution is -0.387. The maximum Gasteiger partial charge on any atom is 0.335 e. The minimum absolute atomic E-state index is 0.187. The molecule has 5 aliphatic carbocycles. The first-order valence-corrected chi connectivity index (χ1v) is 24.3. The van der Waals surface area contributed by atoms with Crippen LogP contribution >= 0.6 is 0 Å². The first-order valence-electron chi connectivity index (χ1n) is 24.3. The molecule has 22 nitrogen and oxygen atoms in total. The lowest BCUT2D eigenvalue weighted by atomic mass is 9.32. The summed E-state index contributed by atoms with van der Waals surface area (Å²) >= 11 is 0. The Balaban J connectivity index is 1.14. The number of carboxylic acids is 1. The molecule has 8 aliphatic rings. The van der Waals surface area contributed by atoms with E-state index in [-0.39, 0.29) is 18.3 Å². The van der Waals surface area contributed by atoms with Crippen molar-refractivity contribution in [2.45, 2.75) is 197 Å². The highest BCUT2D eigenvalue weighted by Gasteiger charge is 2.75. The number of fused-ring (bicyclic) bond motifs is 7. The molecule has 3 saturated heterocycles. The summed E-state index contributed by atoms with van der Waals surface area (Å²) < 4.78 is 36.0. The van der Waals surface area contributed by atoms with E-state index in [4.69, 9.17) is 28.4 Å². The van der Waals surface area contributed by atoms with Crippen LogP contribution in [0.1, 0.15) is 80.1 Å². The highest BCUT2D eigenvalue weighted by molar-refractivity contribution is 5.73. The first-order chi connectivity index (χ1) is 32.2. The van der Waals surface area contributed by atoms with Gasteiger partial charge in [0, 0.05) is 10.8 Å². The summed E-state index contributed by atoms with van der Waals surface area (Å²) in [7, 11) is 0. The van der Waals surface area contributed by atoms with Crippen LogP contribution in [0.3, 0.4) is 0 Å². The van der Waals surface area contributed by atoms with Crippen LogP contribution in [0.2, 0.25) is 0 Å². The molecule has 3 heterocycles. The van der Waals surface area contributed by atoms with Crippen LogP contribution in [0.5, 0.6) is 0 Å². The predicted octanol–water partition coefficient (Wildman–Crippen LogP) is -3.80. The third-order valence-electron chi connectivity index (χ3n) is 19.6. The van der Waals surface area contributed by atoms with Crippen molar-refractivity contribution in [3.05, 3.63) is 11.6 Å². The average Bonchev–Trinajstić information content (AvgIpc) is 3.58. The fourth-order valence-electron chi connectivity index (χ4n) is 15.3. The van der Waals surface area contributed by atoms with Crippen LogP contribution in [0.4, 0.5) is 0 Å². The average molecular weight is 993 g/mol. The number of allylic oxidation sites excluding steroid dienone is 1. The van der Waals surface area contributed by atoms with Gasteiger partial charge >= 0.3 is 5.97 Å². The summed E-state index contributed by atoms with van der Waals surface area (Å²) in [6.07, 6.45) is -28.1. The fraction of sp³-hybridized carbons (Fsp3) is 0.936. The molecule has 7 fully saturated rings. The maximum absolute atomic E-state index is 12.8. The lowest BCUT2D eigenvalue weighted by Gasteiger charge is -2.73. The van der Waals surface area contributed by atoms with Gasteiger partial charge in [0.2, 0.25) is 0 Å². The predicted molar refractivity (Wildman–Crippen MR) is 232 cm³/mol. The number of carboxylic acid groups (broad SMARTS) is 1. The number of aliphatic hydroxyl groups excluding tert-OH is 14. The molecule has 3 aliphatic heterocycles. The Morgan fingerprint density at radius 1 is 0.623 bits per heavy atom. The molecule has 0 aromatic heterocycles. The lowest BCUT2D eigenvalue weighted by Crippen LogP contribution is -2.76. The zero-order valence-corrected chi connectivity index (χ0v) is 39.9. The van der Waals surface area contributed by atoms with Gasteiger partial charge in [0.25, 0.3) is 0 Å². The molecule has 4 saturated carbocycles. The summed E-state index contributed by atoms with van der Waals surface area (Å²) in [6.45, 7) is 8.92. The molecular weight excluding hydrogens is 916 g/mol. The maximum atomic E-state index is 12.8. The normalized spacial score (nSPS) is 56.0. The second-order valence-electron chi connectivity index (χ2n) is 23.1. The van der Waals surface area contributed by atoms with Crippen molar-refractivity contribution in [2.75, 3.05) is 26.4 Å². The largest absolute Gasteiger partial charge is 0.479 e. The van der Waals surface area contributed by atoms with Gasteiger partial charge in [0.15, 0.2) is 25.0 Å². The van der Waals surface area contributed by atoms with Crippen molar-refractivity contribution in [1.82, 2.24) is 0 Å². The third kappa shape index (κ3) is 7.68. The van der Waals surface area contributed by atoms with Gasteiger partial charge in [-0.15, -0.1) is 0 Å². The Labute approximate surface area is 400 Å². The van der Waals surface area contributed by atoms with E-state index < -0.39 is 187 Å². The topological polar surface area (TPSA) is 376 Å². The number of hydrogen-bond acceptors (Lipinski definition) is 21. The highest BCUT2D eigenvalue weighted by Crippen LogP contribution is 2.76. The summed E-state index contributed by atoms with van der Waals surface area (Å²) in [6, 6.07) is 0. The molecule has 27 atom stereocenters. The van der Waals surface area contributed by atoms with Gasteiger partial charge < -0.3 is 105 Å². The van der Waals surface area contributed by atoms with Gasteiger partial charge in [-0.05, 0) is 72.5 Å². The van der Waals surface area contributed by atoms with E-state index in [1.807, 2.05) is 27.7 Å². The highest BCUT2D eigenvalue weighted by atomic mass is 16.8. The number of ether oxygens (including phenoxy) is 6. The van der Waals surface area contributed by atoms with E-state index in [0.29, 0.717) is 32.1 Å². The van der Waals surface area contributed by atoms with E-state index in [1.54, 1.807) is 0 Å². The van der Waals surface area contributed by atoms with E-state index in [9.17, 15) is 81.4 Å². The number of carbonyl (C=O) groups is 1. The molecule has 0 aromatic rings. The van der Waals surface area contributed by atoms with Crippen LogP contribution in [-0.4, -0.2) is 226 Å². The Morgan fingerprint density at radius 3 is 1.75 bits per heavy atom. The van der Waals surface area contributed by atoms with Gasteiger partial charge in [0.05, 0.1) is 62.4 Å². The molecule has 0 radical (unpaired) electrons. The molecule has 396 valence electrons. The Bertz CT molecular complexity index is 1910. The Morgan fingerprint density at radius 2 is 1.19 bits per heavy atom. The monoisotopic (exact) mass is 992 g/mol. The molecule has 0 aromatic carbocycles. The minimum atomic E-state index is -2.15. The molecule has 22 heteroatoms. The van der Waals surface area contributed by atoms with E-state index >= 15 is 0 Å². The third-order valence-corrected chi connectivity index (χ3v) is 19.6. The SMILES string of the molecule is CC1(C)CC2C3=CCC4C5(C)CCC(OC6OC(C(=O)O)C(O)C(OC7OC(CO)C(O)C7O)C6OC6OC(CO)C(O)C(O)C6O)C(C)(CO)C5CCC4(C)C3(C)C(O)C(O)C2(CO)C(O)C1O. The summed E-state index contributed by atoms with van der Waals surface area (Å²) in [5.41, 5.74) is -5.15. The van der Waals surface area contributed by atoms with Gasteiger partial charge in [-0.3, -0.25) is 0 Å². The van der Waals surface area contributed by atoms with E-state index in [1.165, 1.54) is 0 Å². The summed E-state index contributed by atoms with van der Waals surface area (Å²) in [5, 5.41) is 165. The quantitative estimate of drug-likeness (QED) is 0.0697. The molecule has 15 N–H and O–H groups in total. The van der Waals surface area contributed by atoms with Crippen molar-refractivity contribution in [1.29, 1.82) is 0 Å². The van der Waals surface area contributed by atoms with Crippen molar-refractivity contribution >= 4 is 5.97 Å². The van der Waals surface area contributed by atoms with Gasteiger partial charge in [-0.2, -0.15) is 0 Å². The summed E-state index contributed by atoms with van der Waals surface area (Å²) in [4.78, 5) is 12.8. The molecule has 0 bridgehead atoms. The Kier molecular flexibility index (Phi) is 14.5. The fourth-order valence-corrected chi connectivity index (χ4v) is 15.3. The van der Waals surface area contributed by atoms with E-state index in [0.717, 1.165) is 5.57 Å². The first kappa shape index (κ1) is 53.7. The second-order valence-corrected chi connectivity index (χ2v) is 23.1. The van der Waals surface area contributed by atoms with Gasteiger partial charge in [-0.1, -0.05) is 53.2 Å². The van der Waals surface area contributed by atoms with Crippen molar-refractivity contribution in [3.63, 3.8) is 0 Å². The van der Waals surface area contributed by atoms with Crippen molar-refractivity contribution in [2.24, 2.45) is 50.2 Å². The van der Waals surface area contributed by atoms with Crippen molar-refractivity contribution < 1.29 is 110 Å². The minimum Gasteiger partial charge on any atom is -0.479 e. The summed E-state index contributed by atoms with van der Waals surface area (Å²) in [5.74, 6) is -2.79. The van der Waals surface area contributed by atoms with E-state index in [2.05, 4.69) is 19.9 Å². The number of rotatable bonds is 11. The second kappa shape index (κ2) is 18.7. The van der Waals surface area contributed by atoms with Crippen LogP contribution in [0, 0.1) is 50.2 Å². The van der Waals surface area contributed by atoms with Gasteiger partial charge in [-0.25, -0.2) is 4.79 Å².